The number of rotatable bonds is 3. The van der Waals surface area contributed by atoms with Crippen molar-refractivity contribution < 1.29 is 0 Å². The molecule has 3 heterocycles. The van der Waals surface area contributed by atoms with E-state index < -0.39 is 0 Å². The van der Waals surface area contributed by atoms with Gasteiger partial charge in [0, 0.05) is 18.8 Å². The quantitative estimate of drug-likeness (QED) is 0.830. The molecule has 5 heteroatoms. The molecule has 5 nitrogen and oxygen atoms in total. The Morgan fingerprint density at radius 2 is 2.41 bits per heavy atom. The Morgan fingerprint density at radius 3 is 3.18 bits per heavy atom. The fourth-order valence-corrected chi connectivity index (χ4v) is 2.15. The van der Waals surface area contributed by atoms with Crippen molar-refractivity contribution in [3.8, 4) is 0 Å². The average Bonchev–Trinajstić information content (AvgIpc) is 3.00. The Bertz CT molecular complexity index is 473. The molecule has 2 aromatic rings. The van der Waals surface area contributed by atoms with E-state index in [-0.39, 0.29) is 0 Å². The highest BCUT2D eigenvalue weighted by atomic mass is 15.2. The minimum Gasteiger partial charge on any atom is -0.307 e. The number of H-pyrrole nitrogens is 1. The molecule has 0 saturated carbocycles. The van der Waals surface area contributed by atoms with E-state index in [1.54, 1.807) is 6.20 Å². The highest BCUT2D eigenvalue weighted by Gasteiger charge is 2.20. The minimum absolute atomic E-state index is 0.328. The van der Waals surface area contributed by atoms with Crippen LogP contribution in [-0.2, 0) is 6.42 Å². The molecular formula is C12H15N5. The van der Waals surface area contributed by atoms with Crippen LogP contribution in [0.1, 0.15) is 36.1 Å². The lowest BCUT2D eigenvalue weighted by Crippen LogP contribution is -2.14. The van der Waals surface area contributed by atoms with Gasteiger partial charge in [-0.2, -0.15) is 5.10 Å². The van der Waals surface area contributed by atoms with E-state index in [0.717, 1.165) is 36.6 Å². The van der Waals surface area contributed by atoms with Crippen LogP contribution in [0.25, 0.3) is 0 Å². The van der Waals surface area contributed by atoms with Gasteiger partial charge in [0.1, 0.15) is 5.82 Å². The molecule has 2 N–H and O–H groups in total. The number of nitrogens with one attached hydrogen (secondary N) is 2. The molecule has 0 bridgehead atoms. The van der Waals surface area contributed by atoms with Gasteiger partial charge >= 0.3 is 0 Å². The molecule has 1 fully saturated rings. The molecule has 0 aliphatic carbocycles. The van der Waals surface area contributed by atoms with E-state index in [0.29, 0.717) is 6.04 Å². The summed E-state index contributed by atoms with van der Waals surface area (Å²) in [4.78, 5) is 8.62. The summed E-state index contributed by atoms with van der Waals surface area (Å²) in [5.41, 5.74) is 1.15. The molecule has 1 atom stereocenters. The Balaban J connectivity index is 1.72. The molecular weight excluding hydrogens is 214 g/mol. The zero-order valence-corrected chi connectivity index (χ0v) is 9.56. The fourth-order valence-electron chi connectivity index (χ4n) is 2.15. The van der Waals surface area contributed by atoms with Gasteiger partial charge < -0.3 is 5.32 Å². The summed E-state index contributed by atoms with van der Waals surface area (Å²) < 4.78 is 0. The third kappa shape index (κ3) is 2.34. The third-order valence-electron chi connectivity index (χ3n) is 3.02. The summed E-state index contributed by atoms with van der Waals surface area (Å²) in [6.45, 7) is 1.07. The SMILES string of the molecule is c1cncc(Cc2nc(C3CCCN3)n[nH]2)c1. The topological polar surface area (TPSA) is 66.5 Å². The summed E-state index contributed by atoms with van der Waals surface area (Å²) in [6, 6.07) is 4.31. The van der Waals surface area contributed by atoms with E-state index in [4.69, 9.17) is 0 Å². The van der Waals surface area contributed by atoms with E-state index in [1.165, 1.54) is 6.42 Å². The van der Waals surface area contributed by atoms with E-state index >= 15 is 0 Å². The summed E-state index contributed by atoms with van der Waals surface area (Å²) in [5, 5.41) is 10.7. The normalized spacial score (nSPS) is 19.6. The Morgan fingerprint density at radius 1 is 1.41 bits per heavy atom. The predicted octanol–water partition coefficient (Wildman–Crippen LogP) is 1.21. The first kappa shape index (κ1) is 10.4. The number of aromatic nitrogens is 4. The van der Waals surface area contributed by atoms with Gasteiger partial charge in [-0.05, 0) is 31.0 Å². The van der Waals surface area contributed by atoms with Gasteiger partial charge in [-0.15, -0.1) is 0 Å². The molecule has 0 amide bonds. The molecule has 0 aromatic carbocycles. The highest BCUT2D eigenvalue weighted by Crippen LogP contribution is 2.19. The molecule has 17 heavy (non-hydrogen) atoms. The lowest BCUT2D eigenvalue weighted by atomic mass is 10.2. The minimum atomic E-state index is 0.328. The van der Waals surface area contributed by atoms with Crippen molar-refractivity contribution in [2.45, 2.75) is 25.3 Å². The van der Waals surface area contributed by atoms with Crippen molar-refractivity contribution in [3.63, 3.8) is 0 Å². The monoisotopic (exact) mass is 229 g/mol. The fraction of sp³-hybridized carbons (Fsp3) is 0.417. The van der Waals surface area contributed by atoms with Crippen LogP contribution in [-0.4, -0.2) is 26.7 Å². The van der Waals surface area contributed by atoms with Crippen LogP contribution in [0.2, 0.25) is 0 Å². The molecule has 1 aliphatic heterocycles. The Labute approximate surface area is 99.7 Å². The molecule has 1 saturated heterocycles. The van der Waals surface area contributed by atoms with E-state index in [9.17, 15) is 0 Å². The van der Waals surface area contributed by atoms with Gasteiger partial charge in [0.15, 0.2) is 5.82 Å². The zero-order valence-electron chi connectivity index (χ0n) is 9.56. The van der Waals surface area contributed by atoms with Crippen molar-refractivity contribution >= 4 is 0 Å². The predicted molar refractivity (Wildman–Crippen MR) is 63.4 cm³/mol. The maximum Gasteiger partial charge on any atom is 0.167 e. The van der Waals surface area contributed by atoms with Crippen LogP contribution < -0.4 is 5.32 Å². The smallest absolute Gasteiger partial charge is 0.167 e. The Kier molecular flexibility index (Phi) is 2.83. The second-order valence-corrected chi connectivity index (χ2v) is 4.33. The van der Waals surface area contributed by atoms with Gasteiger partial charge in [-0.3, -0.25) is 10.1 Å². The average molecular weight is 229 g/mol. The van der Waals surface area contributed by atoms with Crippen molar-refractivity contribution in [2.75, 3.05) is 6.54 Å². The van der Waals surface area contributed by atoms with Crippen LogP contribution in [0.4, 0.5) is 0 Å². The van der Waals surface area contributed by atoms with E-state index in [1.807, 2.05) is 18.3 Å². The van der Waals surface area contributed by atoms with Crippen molar-refractivity contribution in [1.82, 2.24) is 25.5 Å². The summed E-state index contributed by atoms with van der Waals surface area (Å²) >= 11 is 0. The van der Waals surface area contributed by atoms with Crippen LogP contribution in [0.5, 0.6) is 0 Å². The van der Waals surface area contributed by atoms with Crippen LogP contribution >= 0.6 is 0 Å². The second kappa shape index (κ2) is 4.63. The number of hydrogen-bond donors (Lipinski definition) is 2. The zero-order chi connectivity index (χ0) is 11.5. The van der Waals surface area contributed by atoms with Crippen molar-refractivity contribution in [3.05, 3.63) is 41.7 Å². The maximum absolute atomic E-state index is 4.53. The Hall–Kier alpha value is -1.75. The van der Waals surface area contributed by atoms with Gasteiger partial charge in [0.2, 0.25) is 0 Å². The molecule has 0 radical (unpaired) electrons. The summed E-state index contributed by atoms with van der Waals surface area (Å²) in [6.07, 6.45) is 6.72. The lowest BCUT2D eigenvalue weighted by Gasteiger charge is -2.02. The lowest BCUT2D eigenvalue weighted by molar-refractivity contribution is 0.607. The standard InChI is InChI=1S/C12H15N5/c1-3-9(8-13-5-1)7-11-15-12(17-16-11)10-4-2-6-14-10/h1,3,5,8,10,14H,2,4,6-7H2,(H,15,16,17). The van der Waals surface area contributed by atoms with Crippen LogP contribution in [0.3, 0.4) is 0 Å². The van der Waals surface area contributed by atoms with Gasteiger partial charge in [0.05, 0.1) is 6.04 Å². The summed E-state index contributed by atoms with van der Waals surface area (Å²) in [7, 11) is 0. The largest absolute Gasteiger partial charge is 0.307 e. The first-order valence-corrected chi connectivity index (χ1v) is 5.95. The highest BCUT2D eigenvalue weighted by molar-refractivity contribution is 5.14. The number of aromatic amines is 1. The van der Waals surface area contributed by atoms with Gasteiger partial charge in [0.25, 0.3) is 0 Å². The molecule has 1 aliphatic rings. The molecule has 3 rings (SSSR count). The molecule has 2 aromatic heterocycles. The molecule has 1 unspecified atom stereocenters. The maximum atomic E-state index is 4.53. The van der Waals surface area contributed by atoms with Crippen molar-refractivity contribution in [1.29, 1.82) is 0 Å². The molecule has 0 spiro atoms. The number of nitrogens with zero attached hydrogens (tertiary/aromatic N) is 3. The first-order valence-electron chi connectivity index (χ1n) is 5.95. The van der Waals surface area contributed by atoms with Gasteiger partial charge in [-0.25, -0.2) is 4.98 Å². The van der Waals surface area contributed by atoms with Crippen LogP contribution in [0.15, 0.2) is 24.5 Å². The number of pyridine rings is 1. The summed E-state index contributed by atoms with van der Waals surface area (Å²) in [5.74, 6) is 1.79. The van der Waals surface area contributed by atoms with Gasteiger partial charge in [-0.1, -0.05) is 6.07 Å². The van der Waals surface area contributed by atoms with Crippen molar-refractivity contribution in [2.24, 2.45) is 0 Å². The van der Waals surface area contributed by atoms with Crippen LogP contribution in [0, 0.1) is 0 Å². The first-order chi connectivity index (χ1) is 8.42. The molecule has 88 valence electrons. The number of hydrogen-bond acceptors (Lipinski definition) is 4. The van der Waals surface area contributed by atoms with E-state index in [2.05, 4.69) is 25.5 Å². The second-order valence-electron chi connectivity index (χ2n) is 4.33. The third-order valence-corrected chi connectivity index (χ3v) is 3.02.